The standard InChI is InChI=1S/C14H11NO2S/c1-15(2)7-9-12(16)11-8-5-3-4-6-10(8)18-14(11)13(9)17/h3-7H,1-2H3/b9-7+. The number of nitrogens with zero attached hydrogens (tertiary/aromatic N) is 1. The molecule has 0 radical (unpaired) electrons. The molecule has 1 aromatic carbocycles. The van der Waals surface area contributed by atoms with E-state index >= 15 is 0 Å². The smallest absolute Gasteiger partial charge is 0.209 e. The molecule has 18 heavy (non-hydrogen) atoms. The molecule has 1 aliphatic rings. The van der Waals surface area contributed by atoms with Crippen LogP contribution in [-0.2, 0) is 0 Å². The Labute approximate surface area is 108 Å². The van der Waals surface area contributed by atoms with Crippen molar-refractivity contribution >= 4 is 33.0 Å². The van der Waals surface area contributed by atoms with E-state index in [4.69, 9.17) is 0 Å². The molecule has 0 spiro atoms. The van der Waals surface area contributed by atoms with E-state index < -0.39 is 0 Å². The second-order valence-corrected chi connectivity index (χ2v) is 5.52. The van der Waals surface area contributed by atoms with Gasteiger partial charge in [0.1, 0.15) is 0 Å². The molecule has 0 unspecified atom stereocenters. The van der Waals surface area contributed by atoms with Crippen molar-refractivity contribution in [3.05, 3.63) is 46.5 Å². The number of rotatable bonds is 1. The molecule has 0 amide bonds. The SMILES string of the molecule is CN(C)/C=C1/C(=O)c2sc3ccccc3c2C1=O. The minimum Gasteiger partial charge on any atom is -0.383 e. The molecule has 0 atom stereocenters. The topological polar surface area (TPSA) is 37.4 Å². The zero-order chi connectivity index (χ0) is 12.9. The van der Waals surface area contributed by atoms with Gasteiger partial charge in [-0.2, -0.15) is 0 Å². The maximum absolute atomic E-state index is 12.3. The highest BCUT2D eigenvalue weighted by Gasteiger charge is 2.36. The summed E-state index contributed by atoms with van der Waals surface area (Å²) in [6, 6.07) is 7.64. The lowest BCUT2D eigenvalue weighted by atomic mass is 10.1. The summed E-state index contributed by atoms with van der Waals surface area (Å²) in [7, 11) is 3.61. The van der Waals surface area contributed by atoms with Crippen molar-refractivity contribution in [2.75, 3.05) is 14.1 Å². The summed E-state index contributed by atoms with van der Waals surface area (Å²) in [6.07, 6.45) is 1.60. The summed E-state index contributed by atoms with van der Waals surface area (Å²) in [5.41, 5.74) is 0.848. The number of thiophene rings is 1. The van der Waals surface area contributed by atoms with Crippen LogP contribution < -0.4 is 0 Å². The number of benzene rings is 1. The fourth-order valence-corrected chi connectivity index (χ4v) is 3.32. The first-order valence-corrected chi connectivity index (χ1v) is 6.40. The maximum Gasteiger partial charge on any atom is 0.209 e. The van der Waals surface area contributed by atoms with Crippen LogP contribution in [-0.4, -0.2) is 30.6 Å². The van der Waals surface area contributed by atoms with Crippen molar-refractivity contribution in [1.29, 1.82) is 0 Å². The summed E-state index contributed by atoms with van der Waals surface area (Å²) >= 11 is 1.40. The molecule has 0 fully saturated rings. The minimum atomic E-state index is -0.152. The van der Waals surface area contributed by atoms with Crippen LogP contribution >= 0.6 is 11.3 Å². The Morgan fingerprint density at radius 2 is 1.83 bits per heavy atom. The van der Waals surface area contributed by atoms with Gasteiger partial charge in [0.05, 0.1) is 16.0 Å². The van der Waals surface area contributed by atoms with Gasteiger partial charge in [0.15, 0.2) is 0 Å². The number of carbonyl (C=O) groups excluding carboxylic acids is 2. The first kappa shape index (κ1) is 11.2. The molecule has 0 saturated heterocycles. The van der Waals surface area contributed by atoms with Crippen LogP contribution in [0.5, 0.6) is 0 Å². The number of hydrogen-bond acceptors (Lipinski definition) is 4. The third-order valence-electron chi connectivity index (χ3n) is 2.91. The lowest BCUT2D eigenvalue weighted by Gasteiger charge is -2.05. The molecule has 3 nitrogen and oxygen atoms in total. The first-order valence-electron chi connectivity index (χ1n) is 5.59. The minimum absolute atomic E-state index is 0.148. The highest BCUT2D eigenvalue weighted by atomic mass is 32.1. The van der Waals surface area contributed by atoms with E-state index in [0.717, 1.165) is 10.1 Å². The Balaban J connectivity index is 2.27. The Morgan fingerprint density at radius 1 is 1.11 bits per heavy atom. The first-order chi connectivity index (χ1) is 8.59. The van der Waals surface area contributed by atoms with E-state index in [2.05, 4.69) is 0 Å². The van der Waals surface area contributed by atoms with E-state index in [0.29, 0.717) is 10.4 Å². The van der Waals surface area contributed by atoms with Gasteiger partial charge < -0.3 is 4.90 Å². The lowest BCUT2D eigenvalue weighted by molar-refractivity contribution is 0.0987. The van der Waals surface area contributed by atoms with Crippen LogP contribution in [0.3, 0.4) is 0 Å². The zero-order valence-electron chi connectivity index (χ0n) is 10.1. The van der Waals surface area contributed by atoms with Crippen molar-refractivity contribution in [2.24, 2.45) is 0 Å². The second-order valence-electron chi connectivity index (χ2n) is 4.47. The summed E-state index contributed by atoms with van der Waals surface area (Å²) in [5, 5.41) is 0.887. The highest BCUT2D eigenvalue weighted by Crippen LogP contribution is 2.39. The Morgan fingerprint density at radius 3 is 2.56 bits per heavy atom. The van der Waals surface area contributed by atoms with Gasteiger partial charge in [-0.1, -0.05) is 18.2 Å². The Hall–Kier alpha value is -1.94. The van der Waals surface area contributed by atoms with Crippen LogP contribution in [0.1, 0.15) is 20.0 Å². The average Bonchev–Trinajstić information content (AvgIpc) is 2.81. The van der Waals surface area contributed by atoms with Gasteiger partial charge in [-0.15, -0.1) is 11.3 Å². The normalized spacial score (nSPS) is 16.7. The predicted octanol–water partition coefficient (Wildman–Crippen LogP) is 2.73. The van der Waals surface area contributed by atoms with E-state index in [9.17, 15) is 9.59 Å². The van der Waals surface area contributed by atoms with Crippen molar-refractivity contribution in [3.63, 3.8) is 0 Å². The van der Waals surface area contributed by atoms with Crippen molar-refractivity contribution < 1.29 is 9.59 Å². The molecule has 1 aromatic heterocycles. The van der Waals surface area contributed by atoms with E-state index in [1.54, 1.807) is 25.2 Å². The van der Waals surface area contributed by atoms with E-state index in [-0.39, 0.29) is 17.1 Å². The third kappa shape index (κ3) is 1.42. The molecule has 0 aliphatic heterocycles. The highest BCUT2D eigenvalue weighted by molar-refractivity contribution is 7.22. The molecule has 4 heteroatoms. The van der Waals surface area contributed by atoms with Crippen LogP contribution in [0.4, 0.5) is 0 Å². The third-order valence-corrected chi connectivity index (χ3v) is 4.07. The van der Waals surface area contributed by atoms with Crippen LogP contribution in [0.15, 0.2) is 36.0 Å². The van der Waals surface area contributed by atoms with Gasteiger partial charge in [-0.3, -0.25) is 9.59 Å². The molecular weight excluding hydrogens is 246 g/mol. The number of hydrogen-bond donors (Lipinski definition) is 0. The van der Waals surface area contributed by atoms with Crippen molar-refractivity contribution in [2.45, 2.75) is 0 Å². The number of Topliss-reactive ketones (excluding diaryl/α,β-unsaturated/α-hetero) is 2. The number of carbonyl (C=O) groups is 2. The molecule has 1 heterocycles. The monoisotopic (exact) mass is 257 g/mol. The van der Waals surface area contributed by atoms with Gasteiger partial charge in [0.2, 0.25) is 11.6 Å². The predicted molar refractivity (Wildman–Crippen MR) is 72.3 cm³/mol. The van der Waals surface area contributed by atoms with Gasteiger partial charge in [0.25, 0.3) is 0 Å². The van der Waals surface area contributed by atoms with Gasteiger partial charge in [-0.25, -0.2) is 0 Å². The van der Waals surface area contributed by atoms with Gasteiger partial charge in [0, 0.05) is 30.4 Å². The number of ketones is 2. The lowest BCUT2D eigenvalue weighted by Crippen LogP contribution is -2.09. The van der Waals surface area contributed by atoms with Gasteiger partial charge >= 0.3 is 0 Å². The van der Waals surface area contributed by atoms with Crippen LogP contribution in [0.25, 0.3) is 10.1 Å². The van der Waals surface area contributed by atoms with Crippen LogP contribution in [0.2, 0.25) is 0 Å². The Bertz CT molecular complexity index is 710. The van der Waals surface area contributed by atoms with Crippen molar-refractivity contribution in [1.82, 2.24) is 4.90 Å². The van der Waals surface area contributed by atoms with Crippen molar-refractivity contribution in [3.8, 4) is 0 Å². The molecule has 0 saturated carbocycles. The second kappa shape index (κ2) is 3.78. The molecule has 0 N–H and O–H groups in total. The molecular formula is C14H11NO2S. The summed E-state index contributed by atoms with van der Waals surface area (Å²) in [5.74, 6) is -0.300. The number of allylic oxidation sites excluding steroid dienone is 1. The zero-order valence-corrected chi connectivity index (χ0v) is 10.9. The maximum atomic E-state index is 12.3. The quantitative estimate of drug-likeness (QED) is 0.582. The molecule has 1 aliphatic carbocycles. The average molecular weight is 257 g/mol. The fraction of sp³-hybridized carbons (Fsp3) is 0.143. The molecule has 2 aromatic rings. The molecule has 90 valence electrons. The molecule has 0 bridgehead atoms. The summed E-state index contributed by atoms with van der Waals surface area (Å²) in [6.45, 7) is 0. The largest absolute Gasteiger partial charge is 0.383 e. The summed E-state index contributed by atoms with van der Waals surface area (Å²) < 4.78 is 0.994. The Kier molecular flexibility index (Phi) is 2.35. The fourth-order valence-electron chi connectivity index (χ4n) is 2.17. The molecule has 3 rings (SSSR count). The summed E-state index contributed by atoms with van der Waals surface area (Å²) in [4.78, 5) is 26.8. The van der Waals surface area contributed by atoms with Gasteiger partial charge in [-0.05, 0) is 6.07 Å². The van der Waals surface area contributed by atoms with E-state index in [1.807, 2.05) is 24.3 Å². The number of fused-ring (bicyclic) bond motifs is 3. The van der Waals surface area contributed by atoms with Crippen LogP contribution in [0, 0.1) is 0 Å². The van der Waals surface area contributed by atoms with E-state index in [1.165, 1.54) is 11.3 Å².